The third-order valence-corrected chi connectivity index (χ3v) is 4.21. The highest BCUT2D eigenvalue weighted by Gasteiger charge is 2.16. The first-order valence-corrected chi connectivity index (χ1v) is 7.30. The third-order valence-electron chi connectivity index (χ3n) is 4.21. The van der Waals surface area contributed by atoms with E-state index in [2.05, 4.69) is 17.1 Å². The topological polar surface area (TPSA) is 15.3 Å². The molecule has 2 fully saturated rings. The van der Waals surface area contributed by atoms with Gasteiger partial charge in [0.05, 0.1) is 0 Å². The summed E-state index contributed by atoms with van der Waals surface area (Å²) in [5, 5.41) is 3.74. The predicted octanol–water partition coefficient (Wildman–Crippen LogP) is 2.64. The summed E-state index contributed by atoms with van der Waals surface area (Å²) in [5.74, 6) is 0.920. The molecule has 1 unspecified atom stereocenters. The summed E-state index contributed by atoms with van der Waals surface area (Å²) in [7, 11) is 0. The summed E-state index contributed by atoms with van der Waals surface area (Å²) in [5.41, 5.74) is 0. The molecule has 1 saturated heterocycles. The Hall–Kier alpha value is -0.0800. The lowest BCUT2D eigenvalue weighted by Gasteiger charge is -2.31. The molecule has 1 saturated carbocycles. The maximum Gasteiger partial charge on any atom is 0.0107 e. The minimum atomic E-state index is 0.830. The summed E-state index contributed by atoms with van der Waals surface area (Å²) in [6.45, 7) is 7.52. The molecular formula is C14H28N2. The lowest BCUT2D eigenvalue weighted by Crippen LogP contribution is -2.41. The molecule has 2 aliphatic rings. The largest absolute Gasteiger partial charge is 0.313 e. The van der Waals surface area contributed by atoms with Gasteiger partial charge in [-0.3, -0.25) is 0 Å². The smallest absolute Gasteiger partial charge is 0.0107 e. The van der Waals surface area contributed by atoms with Crippen molar-refractivity contribution < 1.29 is 0 Å². The van der Waals surface area contributed by atoms with E-state index in [4.69, 9.17) is 0 Å². The molecule has 1 aliphatic heterocycles. The zero-order valence-electron chi connectivity index (χ0n) is 10.9. The molecule has 0 aromatic rings. The highest BCUT2D eigenvalue weighted by Crippen LogP contribution is 2.17. The average Bonchev–Trinajstić information content (AvgIpc) is 2.30. The molecule has 1 heterocycles. The Balaban J connectivity index is 1.56. The van der Waals surface area contributed by atoms with Crippen molar-refractivity contribution in [3.05, 3.63) is 0 Å². The number of nitrogens with one attached hydrogen (secondary N) is 1. The normalized spacial score (nSPS) is 29.4. The quantitative estimate of drug-likeness (QED) is 0.790. The van der Waals surface area contributed by atoms with Gasteiger partial charge in [0.25, 0.3) is 0 Å². The number of likely N-dealkylation sites (tertiary alicyclic amines) is 1. The van der Waals surface area contributed by atoms with Gasteiger partial charge in [0.1, 0.15) is 0 Å². The van der Waals surface area contributed by atoms with Crippen molar-refractivity contribution in [1.82, 2.24) is 10.2 Å². The first-order valence-electron chi connectivity index (χ1n) is 7.30. The van der Waals surface area contributed by atoms with Crippen LogP contribution >= 0.6 is 0 Å². The molecule has 1 atom stereocenters. The fourth-order valence-corrected chi connectivity index (χ4v) is 3.22. The Labute approximate surface area is 101 Å². The van der Waals surface area contributed by atoms with Gasteiger partial charge in [0, 0.05) is 25.7 Å². The maximum atomic E-state index is 3.74. The van der Waals surface area contributed by atoms with Crippen molar-refractivity contribution in [2.45, 2.75) is 57.9 Å². The number of nitrogens with zero attached hydrogens (tertiary/aromatic N) is 1. The van der Waals surface area contributed by atoms with Crippen molar-refractivity contribution in [1.29, 1.82) is 0 Å². The molecule has 1 aliphatic carbocycles. The fourth-order valence-electron chi connectivity index (χ4n) is 3.22. The summed E-state index contributed by atoms with van der Waals surface area (Å²) < 4.78 is 0. The second-order valence-corrected chi connectivity index (χ2v) is 5.84. The number of hydrogen-bond donors (Lipinski definition) is 1. The minimum absolute atomic E-state index is 0.830. The maximum absolute atomic E-state index is 3.74. The van der Waals surface area contributed by atoms with E-state index in [0.29, 0.717) is 0 Å². The lowest BCUT2D eigenvalue weighted by atomic mass is 9.95. The van der Waals surface area contributed by atoms with E-state index in [9.17, 15) is 0 Å². The highest BCUT2D eigenvalue weighted by molar-refractivity contribution is 4.74. The molecule has 0 aromatic carbocycles. The number of hydrogen-bond acceptors (Lipinski definition) is 2. The standard InChI is InChI=1S/C14H28N2/c1-13-6-5-10-16(12-13)11-9-15-14-7-3-2-4-8-14/h13-15H,2-12H2,1H3. The van der Waals surface area contributed by atoms with E-state index in [0.717, 1.165) is 12.0 Å². The first kappa shape index (κ1) is 12.4. The van der Waals surface area contributed by atoms with Crippen LogP contribution < -0.4 is 5.32 Å². The second-order valence-electron chi connectivity index (χ2n) is 5.84. The van der Waals surface area contributed by atoms with Gasteiger partial charge in [-0.15, -0.1) is 0 Å². The molecule has 1 N–H and O–H groups in total. The van der Waals surface area contributed by atoms with Crippen molar-refractivity contribution >= 4 is 0 Å². The molecular weight excluding hydrogens is 196 g/mol. The second kappa shape index (κ2) is 6.61. The van der Waals surface area contributed by atoms with Crippen molar-refractivity contribution in [3.63, 3.8) is 0 Å². The summed E-state index contributed by atoms with van der Waals surface area (Å²) >= 11 is 0. The van der Waals surface area contributed by atoms with E-state index in [1.807, 2.05) is 0 Å². The summed E-state index contributed by atoms with van der Waals surface area (Å²) in [6, 6.07) is 0.830. The van der Waals surface area contributed by atoms with Gasteiger partial charge in [-0.1, -0.05) is 26.2 Å². The van der Waals surface area contributed by atoms with Crippen LogP contribution in [-0.2, 0) is 0 Å². The molecule has 2 heteroatoms. The van der Waals surface area contributed by atoms with Crippen LogP contribution in [0.15, 0.2) is 0 Å². The summed E-state index contributed by atoms with van der Waals surface area (Å²) in [4.78, 5) is 2.64. The van der Waals surface area contributed by atoms with Crippen LogP contribution in [-0.4, -0.2) is 37.1 Å². The Morgan fingerprint density at radius 1 is 1.06 bits per heavy atom. The van der Waals surface area contributed by atoms with Crippen LogP contribution in [0.25, 0.3) is 0 Å². The molecule has 0 amide bonds. The monoisotopic (exact) mass is 224 g/mol. The van der Waals surface area contributed by atoms with Crippen molar-refractivity contribution in [2.75, 3.05) is 26.2 Å². The van der Waals surface area contributed by atoms with Gasteiger partial charge < -0.3 is 10.2 Å². The highest BCUT2D eigenvalue weighted by atomic mass is 15.1. The molecule has 0 radical (unpaired) electrons. The Kier molecular flexibility index (Phi) is 5.11. The van der Waals surface area contributed by atoms with Crippen LogP contribution in [0, 0.1) is 5.92 Å². The minimum Gasteiger partial charge on any atom is -0.313 e. The molecule has 0 aromatic heterocycles. The average molecular weight is 224 g/mol. The van der Waals surface area contributed by atoms with Crippen LogP contribution in [0.2, 0.25) is 0 Å². The van der Waals surface area contributed by atoms with Crippen molar-refractivity contribution in [3.8, 4) is 0 Å². The summed E-state index contributed by atoms with van der Waals surface area (Å²) in [6.07, 6.45) is 10.0. The van der Waals surface area contributed by atoms with Gasteiger partial charge in [-0.05, 0) is 38.1 Å². The molecule has 0 bridgehead atoms. The van der Waals surface area contributed by atoms with Crippen LogP contribution in [0.1, 0.15) is 51.9 Å². The number of rotatable bonds is 4. The third kappa shape index (κ3) is 4.06. The van der Waals surface area contributed by atoms with E-state index < -0.39 is 0 Å². The van der Waals surface area contributed by atoms with Gasteiger partial charge in [0.15, 0.2) is 0 Å². The van der Waals surface area contributed by atoms with Gasteiger partial charge in [-0.25, -0.2) is 0 Å². The Morgan fingerprint density at radius 3 is 2.62 bits per heavy atom. The van der Waals surface area contributed by atoms with E-state index >= 15 is 0 Å². The van der Waals surface area contributed by atoms with Crippen LogP contribution in [0.5, 0.6) is 0 Å². The first-order chi connectivity index (χ1) is 7.84. The molecule has 0 spiro atoms. The fraction of sp³-hybridized carbons (Fsp3) is 1.00. The van der Waals surface area contributed by atoms with Crippen molar-refractivity contribution in [2.24, 2.45) is 5.92 Å². The van der Waals surface area contributed by atoms with Crippen LogP contribution in [0.3, 0.4) is 0 Å². The lowest BCUT2D eigenvalue weighted by molar-refractivity contribution is 0.181. The van der Waals surface area contributed by atoms with E-state index in [1.165, 1.54) is 71.1 Å². The van der Waals surface area contributed by atoms with Crippen LogP contribution in [0.4, 0.5) is 0 Å². The molecule has 2 rings (SSSR count). The number of piperidine rings is 1. The zero-order chi connectivity index (χ0) is 11.2. The predicted molar refractivity (Wildman–Crippen MR) is 69.7 cm³/mol. The molecule has 94 valence electrons. The zero-order valence-corrected chi connectivity index (χ0v) is 10.9. The van der Waals surface area contributed by atoms with Gasteiger partial charge >= 0.3 is 0 Å². The molecule has 16 heavy (non-hydrogen) atoms. The Bertz CT molecular complexity index is 187. The Morgan fingerprint density at radius 2 is 1.88 bits per heavy atom. The van der Waals surface area contributed by atoms with Gasteiger partial charge in [-0.2, -0.15) is 0 Å². The van der Waals surface area contributed by atoms with E-state index in [1.54, 1.807) is 0 Å². The van der Waals surface area contributed by atoms with Gasteiger partial charge in [0.2, 0.25) is 0 Å². The SMILES string of the molecule is CC1CCCN(CCNC2CCCCC2)C1. The van der Waals surface area contributed by atoms with E-state index in [-0.39, 0.29) is 0 Å². The molecule has 2 nitrogen and oxygen atoms in total.